The molecule has 0 saturated carbocycles. The molecule has 4 aliphatic heterocycles. The number of aromatic nitrogens is 1. The maximum Gasteiger partial charge on any atom is 0.414 e. The number of nitrogens with zero attached hydrogens (tertiary/aromatic N) is 4. The summed E-state index contributed by atoms with van der Waals surface area (Å²) < 4.78 is 24.2. The Hall–Kier alpha value is -5.11. The molecule has 55 heavy (non-hydrogen) atoms. The van der Waals surface area contributed by atoms with Gasteiger partial charge in [0, 0.05) is 49.0 Å². The minimum Gasteiger partial charge on any atom is -0.507 e. The molecule has 4 aromatic rings. The third-order valence-electron chi connectivity index (χ3n) is 11.0. The van der Waals surface area contributed by atoms with Crippen LogP contribution in [-0.2, 0) is 27.3 Å². The monoisotopic (exact) mass is 770 g/mol. The van der Waals surface area contributed by atoms with Gasteiger partial charge in [0.1, 0.15) is 12.4 Å². The predicted molar refractivity (Wildman–Crippen MR) is 204 cm³/mol. The topological polar surface area (TPSA) is 151 Å². The van der Waals surface area contributed by atoms with E-state index >= 15 is 0 Å². The van der Waals surface area contributed by atoms with Gasteiger partial charge in [-0.05, 0) is 67.7 Å². The quantitative estimate of drug-likeness (QED) is 0.174. The molecule has 13 nitrogen and oxygen atoms in total. The molecule has 0 aliphatic carbocycles. The fourth-order valence-electron chi connectivity index (χ4n) is 8.40. The van der Waals surface area contributed by atoms with E-state index in [0.717, 1.165) is 41.5 Å². The molecule has 5 heterocycles. The van der Waals surface area contributed by atoms with Gasteiger partial charge in [0.25, 0.3) is 5.91 Å². The number of phenols is 1. The highest BCUT2D eigenvalue weighted by Crippen LogP contribution is 2.46. The van der Waals surface area contributed by atoms with Gasteiger partial charge in [-0.15, -0.1) is 11.6 Å². The van der Waals surface area contributed by atoms with Crippen molar-refractivity contribution in [2.75, 3.05) is 42.5 Å². The third-order valence-corrected chi connectivity index (χ3v) is 11.4. The number of hydrogen-bond donors (Lipinski definition) is 2. The smallest absolute Gasteiger partial charge is 0.414 e. The summed E-state index contributed by atoms with van der Waals surface area (Å²) in [6.07, 6.45) is 1.80. The van der Waals surface area contributed by atoms with E-state index in [4.69, 9.17) is 35.5 Å². The summed E-state index contributed by atoms with van der Waals surface area (Å²) in [5.41, 5.74) is 2.94. The number of rotatable bonds is 9. The van der Waals surface area contributed by atoms with E-state index in [9.17, 15) is 24.6 Å². The van der Waals surface area contributed by atoms with E-state index in [-0.39, 0.29) is 59.3 Å². The number of halogens is 1. The fraction of sp³-hybridized carbons (Fsp3) is 0.415. The molecule has 3 aromatic carbocycles. The number of piperidine rings is 1. The largest absolute Gasteiger partial charge is 0.507 e. The number of anilines is 2. The zero-order valence-electron chi connectivity index (χ0n) is 30.5. The molecular weight excluding hydrogens is 728 g/mol. The van der Waals surface area contributed by atoms with Gasteiger partial charge in [-0.1, -0.05) is 30.3 Å². The van der Waals surface area contributed by atoms with Crippen LogP contribution < -0.4 is 19.3 Å². The van der Waals surface area contributed by atoms with Crippen molar-refractivity contribution in [3.8, 4) is 17.2 Å². The minimum absolute atomic E-state index is 0.00249. The van der Waals surface area contributed by atoms with Crippen LogP contribution in [-0.4, -0.2) is 89.3 Å². The van der Waals surface area contributed by atoms with Crippen LogP contribution >= 0.6 is 11.6 Å². The molecule has 4 atom stereocenters. The lowest BCUT2D eigenvalue weighted by Crippen LogP contribution is -2.57. The Labute approximate surface area is 323 Å². The van der Waals surface area contributed by atoms with Crippen molar-refractivity contribution in [3.63, 3.8) is 0 Å². The van der Waals surface area contributed by atoms with E-state index in [1.165, 1.54) is 19.2 Å². The zero-order chi connectivity index (χ0) is 38.2. The number of fused-ring (bicyclic) bond motifs is 5. The first-order valence-corrected chi connectivity index (χ1v) is 19.3. The van der Waals surface area contributed by atoms with E-state index in [1.54, 1.807) is 34.1 Å². The third kappa shape index (κ3) is 7.00. The Bertz CT molecular complexity index is 2130. The van der Waals surface area contributed by atoms with Gasteiger partial charge in [-0.25, -0.2) is 9.69 Å². The van der Waals surface area contributed by atoms with E-state index in [0.29, 0.717) is 60.9 Å². The summed E-state index contributed by atoms with van der Waals surface area (Å²) in [6, 6.07) is 17.0. The normalized spacial score (nSPS) is 22.1. The molecule has 0 bridgehead atoms. The van der Waals surface area contributed by atoms with Crippen molar-refractivity contribution in [1.29, 1.82) is 0 Å². The van der Waals surface area contributed by atoms with Crippen LogP contribution in [0.3, 0.4) is 0 Å². The van der Waals surface area contributed by atoms with Gasteiger partial charge in [0.05, 0.1) is 47.9 Å². The lowest BCUT2D eigenvalue weighted by atomic mass is 9.95. The Morgan fingerprint density at radius 3 is 2.53 bits per heavy atom. The lowest BCUT2D eigenvalue weighted by molar-refractivity contribution is -0.198. The number of hydrogen-bond acceptors (Lipinski definition) is 9. The number of methoxy groups -OCH3 is 1. The number of pyridine rings is 1. The molecule has 0 radical (unpaired) electrons. The van der Waals surface area contributed by atoms with E-state index in [1.807, 2.05) is 24.3 Å². The molecule has 8 rings (SSSR count). The first kappa shape index (κ1) is 36.8. The average Bonchev–Trinajstić information content (AvgIpc) is 3.54. The van der Waals surface area contributed by atoms with Crippen LogP contribution in [0.15, 0.2) is 60.7 Å². The van der Waals surface area contributed by atoms with Gasteiger partial charge in [0.2, 0.25) is 5.91 Å². The molecule has 2 saturated heterocycles. The van der Waals surface area contributed by atoms with Crippen molar-refractivity contribution >= 4 is 51.7 Å². The summed E-state index contributed by atoms with van der Waals surface area (Å²) in [5, 5.41) is 23.1. The van der Waals surface area contributed by atoms with Crippen molar-refractivity contribution in [2.45, 2.75) is 76.0 Å². The van der Waals surface area contributed by atoms with Crippen LogP contribution in [0.2, 0.25) is 0 Å². The maximum absolute atomic E-state index is 14.1. The molecule has 4 aliphatic rings. The Morgan fingerprint density at radius 1 is 0.964 bits per heavy atom. The highest BCUT2D eigenvalue weighted by Gasteiger charge is 2.46. The molecule has 1 aromatic heterocycles. The second-order valence-electron chi connectivity index (χ2n) is 14.4. The first-order chi connectivity index (χ1) is 26.7. The zero-order valence-corrected chi connectivity index (χ0v) is 31.2. The van der Waals surface area contributed by atoms with Crippen molar-refractivity contribution in [3.05, 3.63) is 83.2 Å². The predicted octanol–water partition coefficient (Wildman–Crippen LogP) is 6.80. The molecule has 3 amide bonds. The number of benzene rings is 3. The molecule has 2 fully saturated rings. The summed E-state index contributed by atoms with van der Waals surface area (Å²) in [6.45, 7) is 1.35. The number of phenolic OH excluding ortho intramolecular Hbond substituents is 1. The second kappa shape index (κ2) is 15.6. The molecule has 0 spiro atoms. The number of carboxylic acid groups (broad SMARTS) is 1. The van der Waals surface area contributed by atoms with Gasteiger partial charge >= 0.3 is 6.09 Å². The maximum atomic E-state index is 14.1. The summed E-state index contributed by atoms with van der Waals surface area (Å²) in [5.74, 6) is 0.307. The van der Waals surface area contributed by atoms with Gasteiger partial charge in [-0.3, -0.25) is 14.6 Å². The summed E-state index contributed by atoms with van der Waals surface area (Å²) in [7, 11) is 1.46. The number of aromatic hydroxyl groups is 1. The van der Waals surface area contributed by atoms with Gasteiger partial charge in [-0.2, -0.15) is 0 Å². The number of amides is 3. The molecule has 2 unspecified atom stereocenters. The second-order valence-corrected chi connectivity index (χ2v) is 14.7. The minimum atomic E-state index is -1.26. The SMILES string of the molecule is COc1cc2c(cc1OCc1cccc(CC(=O)N3C[C@@H](CCl)c4c3cc(O)c3ccccc43)n1)N(C(=O)O)C(OC1CCCCO1)[C@@H]1CCCCN1C2=O. The average molecular weight is 771 g/mol. The highest BCUT2D eigenvalue weighted by molar-refractivity contribution is 6.19. The number of ether oxygens (including phenoxy) is 4. The summed E-state index contributed by atoms with van der Waals surface area (Å²) >= 11 is 6.39. The van der Waals surface area contributed by atoms with Gasteiger partial charge in [0.15, 0.2) is 24.0 Å². The van der Waals surface area contributed by atoms with E-state index in [2.05, 4.69) is 0 Å². The Morgan fingerprint density at radius 2 is 1.76 bits per heavy atom. The van der Waals surface area contributed by atoms with Crippen LogP contribution in [0.5, 0.6) is 17.2 Å². The lowest BCUT2D eigenvalue weighted by Gasteiger charge is -2.42. The summed E-state index contributed by atoms with van der Waals surface area (Å²) in [4.78, 5) is 50.2. The van der Waals surface area contributed by atoms with Crippen LogP contribution in [0.1, 0.15) is 71.8 Å². The highest BCUT2D eigenvalue weighted by atomic mass is 35.5. The first-order valence-electron chi connectivity index (χ1n) is 18.8. The molecular formula is C41H43ClN4O9. The molecule has 2 N–H and O–H groups in total. The van der Waals surface area contributed by atoms with Crippen LogP contribution in [0.25, 0.3) is 10.8 Å². The molecule has 14 heteroatoms. The fourth-order valence-corrected chi connectivity index (χ4v) is 8.65. The number of alkyl halides is 1. The number of carbonyl (C=O) groups is 3. The number of carbonyl (C=O) groups excluding carboxylic acids is 2. The van der Waals surface area contributed by atoms with Crippen molar-refractivity contribution in [2.24, 2.45) is 0 Å². The van der Waals surface area contributed by atoms with Gasteiger partial charge < -0.3 is 39.0 Å². The van der Waals surface area contributed by atoms with Crippen LogP contribution in [0.4, 0.5) is 16.2 Å². The Balaban J connectivity index is 1.05. The van der Waals surface area contributed by atoms with E-state index < -0.39 is 24.7 Å². The molecule has 288 valence electrons. The standard InChI is InChI=1S/C41H43ClN4O9/c1-52-34-18-29-31(46(41(50)51)40(55-37-14-5-7-16-53-37)30-13-4-6-15-44(30)39(29)49)20-35(34)54-23-26-10-8-9-25(43-26)17-36(48)45-22-24(21-42)38-28-12-3-2-11-27(28)33(47)19-32(38)45/h2-3,8-12,18-20,24,30,37,40,47H,4-7,13-17,21-23H2,1H3,(H,50,51)/t24-,30+,37?,40?/m1/s1. The van der Waals surface area contributed by atoms with Crippen molar-refractivity contribution < 1.29 is 43.5 Å². The van der Waals surface area contributed by atoms with Crippen molar-refractivity contribution in [1.82, 2.24) is 9.88 Å². The van der Waals surface area contributed by atoms with Crippen LogP contribution in [0, 0.1) is 0 Å². The Kier molecular flexibility index (Phi) is 10.4.